The van der Waals surface area contributed by atoms with Gasteiger partial charge in [0, 0.05) is 16.3 Å². The molecule has 1 N–H and O–H groups in total. The number of ether oxygens (including phenoxy) is 1. The Morgan fingerprint density at radius 3 is 2.35 bits per heavy atom. The number of hydrogen-bond acceptors (Lipinski definition) is 4. The van der Waals surface area contributed by atoms with Crippen molar-refractivity contribution in [2.24, 2.45) is 0 Å². The maximum Gasteiger partial charge on any atom is 0.278 e. The Bertz CT molecular complexity index is 1190. The van der Waals surface area contributed by atoms with E-state index >= 15 is 0 Å². The van der Waals surface area contributed by atoms with Crippen LogP contribution in [0.25, 0.3) is 5.57 Å². The van der Waals surface area contributed by atoms with Crippen molar-refractivity contribution in [1.82, 2.24) is 4.90 Å². The first-order valence-electron chi connectivity index (χ1n) is 9.80. The highest BCUT2D eigenvalue weighted by molar-refractivity contribution is 6.37. The van der Waals surface area contributed by atoms with Crippen LogP contribution >= 0.6 is 11.6 Å². The van der Waals surface area contributed by atoms with Crippen LogP contribution in [0, 0.1) is 6.92 Å². The highest BCUT2D eigenvalue weighted by Crippen LogP contribution is 2.36. The van der Waals surface area contributed by atoms with Crippen molar-refractivity contribution < 1.29 is 14.3 Å². The van der Waals surface area contributed by atoms with E-state index in [1.165, 1.54) is 4.90 Å². The molecule has 0 saturated heterocycles. The summed E-state index contributed by atoms with van der Waals surface area (Å²) in [6, 6.07) is 21.9. The number of hydrogen-bond donors (Lipinski definition) is 1. The van der Waals surface area contributed by atoms with Gasteiger partial charge in [-0.3, -0.25) is 14.5 Å². The summed E-state index contributed by atoms with van der Waals surface area (Å²) in [4.78, 5) is 28.1. The van der Waals surface area contributed by atoms with Crippen LogP contribution in [0.4, 0.5) is 5.69 Å². The van der Waals surface area contributed by atoms with Gasteiger partial charge in [-0.15, -0.1) is 0 Å². The fraction of sp³-hybridized carbons (Fsp3) is 0.120. The van der Waals surface area contributed by atoms with Crippen molar-refractivity contribution in [3.8, 4) is 5.75 Å². The maximum absolute atomic E-state index is 13.5. The molecular weight excluding hydrogens is 412 g/mol. The number of rotatable bonds is 6. The summed E-state index contributed by atoms with van der Waals surface area (Å²) in [5.41, 5.74) is 3.50. The van der Waals surface area contributed by atoms with Gasteiger partial charge in [-0.2, -0.15) is 0 Å². The van der Waals surface area contributed by atoms with E-state index in [2.05, 4.69) is 5.32 Å². The first-order chi connectivity index (χ1) is 15.0. The highest BCUT2D eigenvalue weighted by Gasteiger charge is 2.40. The molecule has 1 heterocycles. The first kappa shape index (κ1) is 20.7. The number of anilines is 1. The van der Waals surface area contributed by atoms with Gasteiger partial charge in [-0.1, -0.05) is 60.1 Å². The van der Waals surface area contributed by atoms with Crippen LogP contribution in [0.15, 0.2) is 78.5 Å². The number of aryl methyl sites for hydroxylation is 1. The molecule has 0 spiro atoms. The van der Waals surface area contributed by atoms with E-state index in [0.717, 1.165) is 11.1 Å². The van der Waals surface area contributed by atoms with E-state index in [1.807, 2.05) is 49.4 Å². The molecule has 3 aromatic carbocycles. The third kappa shape index (κ3) is 4.05. The third-order valence-electron chi connectivity index (χ3n) is 5.18. The molecule has 3 aromatic rings. The number of imide groups is 1. The molecule has 0 unspecified atom stereocenters. The van der Waals surface area contributed by atoms with Crippen LogP contribution < -0.4 is 10.1 Å². The smallest absolute Gasteiger partial charge is 0.278 e. The third-order valence-corrected chi connectivity index (χ3v) is 5.41. The van der Waals surface area contributed by atoms with Gasteiger partial charge in [-0.25, -0.2) is 0 Å². The molecule has 0 aromatic heterocycles. The number of para-hydroxylation sites is 1. The molecule has 0 atom stereocenters. The second-order valence-electron chi connectivity index (χ2n) is 7.22. The van der Waals surface area contributed by atoms with Crippen molar-refractivity contribution >= 4 is 34.7 Å². The Labute approximate surface area is 185 Å². The molecule has 156 valence electrons. The number of benzene rings is 3. The van der Waals surface area contributed by atoms with Gasteiger partial charge in [0.25, 0.3) is 11.8 Å². The Morgan fingerprint density at radius 1 is 0.935 bits per heavy atom. The zero-order chi connectivity index (χ0) is 22.0. The molecular formula is C25H21ClN2O3. The summed E-state index contributed by atoms with van der Waals surface area (Å²) in [6.07, 6.45) is 0. The van der Waals surface area contributed by atoms with E-state index in [1.54, 1.807) is 37.4 Å². The van der Waals surface area contributed by atoms with Crippen LogP contribution in [-0.2, 0) is 16.1 Å². The molecule has 31 heavy (non-hydrogen) atoms. The van der Waals surface area contributed by atoms with Crippen LogP contribution in [-0.4, -0.2) is 23.8 Å². The van der Waals surface area contributed by atoms with Crippen molar-refractivity contribution in [2.75, 3.05) is 12.4 Å². The molecule has 0 radical (unpaired) electrons. The van der Waals surface area contributed by atoms with Crippen molar-refractivity contribution in [1.29, 1.82) is 0 Å². The van der Waals surface area contributed by atoms with Crippen molar-refractivity contribution in [3.63, 3.8) is 0 Å². The minimum atomic E-state index is -0.385. The number of nitrogens with one attached hydrogen (secondary N) is 1. The van der Waals surface area contributed by atoms with E-state index in [0.29, 0.717) is 22.0 Å². The standard InChI is InChI=1S/C25H21ClN2O3/c1-16-14-18(26)12-13-20(16)27-23-22(19-10-6-7-11-21(19)31-2)24(29)28(25(23)30)15-17-8-4-3-5-9-17/h3-14,27H,15H2,1-2H3. The number of carbonyl (C=O) groups excluding carboxylic acids is 2. The molecule has 1 aliphatic rings. The molecule has 1 aliphatic heterocycles. The normalized spacial score (nSPS) is 13.7. The van der Waals surface area contributed by atoms with Crippen LogP contribution in [0.5, 0.6) is 5.75 Å². The van der Waals surface area contributed by atoms with Gasteiger partial charge < -0.3 is 10.1 Å². The first-order valence-corrected chi connectivity index (χ1v) is 10.2. The van der Waals surface area contributed by atoms with E-state index in [-0.39, 0.29) is 29.6 Å². The van der Waals surface area contributed by atoms with E-state index in [9.17, 15) is 9.59 Å². The summed E-state index contributed by atoms with van der Waals surface area (Å²) < 4.78 is 5.47. The predicted octanol–water partition coefficient (Wildman–Crippen LogP) is 5.05. The molecule has 0 saturated carbocycles. The van der Waals surface area contributed by atoms with Crippen LogP contribution in [0.1, 0.15) is 16.7 Å². The lowest BCUT2D eigenvalue weighted by atomic mass is 10.0. The largest absolute Gasteiger partial charge is 0.496 e. The monoisotopic (exact) mass is 432 g/mol. The lowest BCUT2D eigenvalue weighted by molar-refractivity contribution is -0.137. The molecule has 6 heteroatoms. The minimum absolute atomic E-state index is 0.182. The summed E-state index contributed by atoms with van der Waals surface area (Å²) in [6.45, 7) is 2.07. The van der Waals surface area contributed by atoms with Gasteiger partial charge in [0.1, 0.15) is 11.4 Å². The second kappa shape index (κ2) is 8.66. The number of halogens is 1. The van der Waals surface area contributed by atoms with Gasteiger partial charge >= 0.3 is 0 Å². The average molecular weight is 433 g/mol. The van der Waals surface area contributed by atoms with Crippen molar-refractivity contribution in [3.05, 3.63) is 100 Å². The molecule has 5 nitrogen and oxygen atoms in total. The van der Waals surface area contributed by atoms with Gasteiger partial charge in [0.2, 0.25) is 0 Å². The van der Waals surface area contributed by atoms with Crippen molar-refractivity contribution in [2.45, 2.75) is 13.5 Å². The molecule has 0 bridgehead atoms. The number of carbonyl (C=O) groups is 2. The Morgan fingerprint density at radius 2 is 1.65 bits per heavy atom. The fourth-order valence-electron chi connectivity index (χ4n) is 3.60. The lowest BCUT2D eigenvalue weighted by Crippen LogP contribution is -2.32. The Balaban J connectivity index is 1.80. The highest BCUT2D eigenvalue weighted by atomic mass is 35.5. The summed E-state index contributed by atoms with van der Waals surface area (Å²) in [5.74, 6) is -0.232. The Kier molecular flexibility index (Phi) is 5.78. The average Bonchev–Trinajstić information content (AvgIpc) is 3.00. The Hall–Kier alpha value is -3.57. The molecule has 2 amide bonds. The quantitative estimate of drug-likeness (QED) is 0.554. The fourth-order valence-corrected chi connectivity index (χ4v) is 3.83. The molecule has 4 rings (SSSR count). The summed E-state index contributed by atoms with van der Waals surface area (Å²) in [5, 5.41) is 3.78. The zero-order valence-corrected chi connectivity index (χ0v) is 17.9. The second-order valence-corrected chi connectivity index (χ2v) is 7.65. The number of nitrogens with zero attached hydrogens (tertiary/aromatic N) is 1. The minimum Gasteiger partial charge on any atom is -0.496 e. The zero-order valence-electron chi connectivity index (χ0n) is 17.2. The SMILES string of the molecule is COc1ccccc1C1=C(Nc2ccc(Cl)cc2C)C(=O)N(Cc2ccccc2)C1=O. The number of amides is 2. The van der Waals surface area contributed by atoms with E-state index in [4.69, 9.17) is 16.3 Å². The molecule has 0 aliphatic carbocycles. The summed E-state index contributed by atoms with van der Waals surface area (Å²) in [7, 11) is 1.54. The van der Waals surface area contributed by atoms with Gasteiger partial charge in [-0.05, 0) is 42.3 Å². The number of methoxy groups -OCH3 is 1. The molecule has 0 fully saturated rings. The topological polar surface area (TPSA) is 58.6 Å². The van der Waals surface area contributed by atoms with Gasteiger partial charge in [0.05, 0.1) is 19.2 Å². The van der Waals surface area contributed by atoms with Crippen LogP contribution in [0.2, 0.25) is 5.02 Å². The van der Waals surface area contributed by atoms with E-state index < -0.39 is 0 Å². The van der Waals surface area contributed by atoms with Crippen LogP contribution in [0.3, 0.4) is 0 Å². The lowest BCUT2D eigenvalue weighted by Gasteiger charge is -2.16. The maximum atomic E-state index is 13.5. The van der Waals surface area contributed by atoms with Gasteiger partial charge in [0.15, 0.2) is 0 Å². The summed E-state index contributed by atoms with van der Waals surface area (Å²) >= 11 is 6.08. The predicted molar refractivity (Wildman–Crippen MR) is 122 cm³/mol.